The molecular formula is C18H22N6O2. The lowest BCUT2D eigenvalue weighted by molar-refractivity contribution is 0.0651. The van der Waals surface area contributed by atoms with Gasteiger partial charge in [0, 0.05) is 20.0 Å². The highest BCUT2D eigenvalue weighted by molar-refractivity contribution is 5.91. The molecule has 1 saturated carbocycles. The highest BCUT2D eigenvalue weighted by Crippen LogP contribution is 2.42. The van der Waals surface area contributed by atoms with Crippen LogP contribution in [0, 0.1) is 6.92 Å². The van der Waals surface area contributed by atoms with Crippen molar-refractivity contribution in [3.63, 3.8) is 0 Å². The SMILES string of the molecule is Cc1ccccc1OCc1c(C2CC2)ncnc1N1NN(C)N(C)C1=O. The molecule has 8 heteroatoms. The van der Waals surface area contributed by atoms with Gasteiger partial charge >= 0.3 is 6.03 Å². The Labute approximate surface area is 152 Å². The number of hydrogen-bond acceptors (Lipinski definition) is 6. The van der Waals surface area contributed by atoms with E-state index in [0.29, 0.717) is 18.3 Å². The summed E-state index contributed by atoms with van der Waals surface area (Å²) in [6, 6.07) is 7.67. The molecule has 1 aromatic heterocycles. The van der Waals surface area contributed by atoms with Gasteiger partial charge < -0.3 is 4.74 Å². The van der Waals surface area contributed by atoms with Crippen LogP contribution in [0.3, 0.4) is 0 Å². The zero-order valence-corrected chi connectivity index (χ0v) is 15.1. The Hall–Kier alpha value is -2.71. The first kappa shape index (κ1) is 16.7. The van der Waals surface area contributed by atoms with Gasteiger partial charge in [-0.25, -0.2) is 19.8 Å². The molecular weight excluding hydrogens is 332 g/mol. The number of carbonyl (C=O) groups is 1. The fraction of sp³-hybridized carbons (Fsp3) is 0.389. The molecule has 0 radical (unpaired) electrons. The first-order valence-corrected chi connectivity index (χ1v) is 8.66. The minimum Gasteiger partial charge on any atom is -0.488 e. The highest BCUT2D eigenvalue weighted by atomic mass is 16.5. The molecule has 2 heterocycles. The molecule has 26 heavy (non-hydrogen) atoms. The molecule has 136 valence electrons. The van der Waals surface area contributed by atoms with E-state index in [2.05, 4.69) is 15.5 Å². The molecule has 1 aromatic carbocycles. The molecule has 1 aliphatic heterocycles. The first-order chi connectivity index (χ1) is 12.6. The summed E-state index contributed by atoms with van der Waals surface area (Å²) < 4.78 is 6.06. The van der Waals surface area contributed by atoms with E-state index >= 15 is 0 Å². The Balaban J connectivity index is 1.68. The molecule has 4 rings (SSSR count). The lowest BCUT2D eigenvalue weighted by Crippen LogP contribution is -2.40. The predicted molar refractivity (Wildman–Crippen MR) is 96.1 cm³/mol. The number of para-hydroxylation sites is 1. The number of benzene rings is 1. The summed E-state index contributed by atoms with van der Waals surface area (Å²) in [4.78, 5) is 21.4. The van der Waals surface area contributed by atoms with Crippen LogP contribution >= 0.6 is 0 Å². The van der Waals surface area contributed by atoms with Crippen LogP contribution in [0.4, 0.5) is 10.6 Å². The van der Waals surface area contributed by atoms with Crippen molar-refractivity contribution >= 4 is 11.8 Å². The number of urea groups is 1. The Morgan fingerprint density at radius 2 is 2.00 bits per heavy atom. The number of nitrogens with one attached hydrogen (secondary N) is 1. The van der Waals surface area contributed by atoms with E-state index in [1.54, 1.807) is 19.2 Å². The maximum Gasteiger partial charge on any atom is 0.357 e. The average Bonchev–Trinajstić information content (AvgIpc) is 3.45. The van der Waals surface area contributed by atoms with Gasteiger partial charge in [-0.3, -0.25) is 0 Å². The standard InChI is InChI=1S/C18H22N6O2/c1-12-6-4-5-7-15(12)26-10-14-16(13-8-9-13)19-11-20-17(14)24-18(25)22(2)23(3)21-24/h4-7,11,13,21H,8-10H2,1-3H3. The molecule has 0 bridgehead atoms. The third kappa shape index (κ3) is 2.97. The van der Waals surface area contributed by atoms with E-state index in [9.17, 15) is 4.79 Å². The number of carbonyl (C=O) groups excluding carboxylic acids is 1. The number of nitrogens with zero attached hydrogens (tertiary/aromatic N) is 5. The maximum absolute atomic E-state index is 12.5. The molecule has 2 aromatic rings. The number of hydrazine groups is 3. The molecule has 2 aliphatic rings. The minimum atomic E-state index is -0.204. The van der Waals surface area contributed by atoms with Gasteiger partial charge in [0.05, 0.1) is 11.3 Å². The van der Waals surface area contributed by atoms with E-state index in [4.69, 9.17) is 4.74 Å². The van der Waals surface area contributed by atoms with E-state index in [1.165, 1.54) is 16.3 Å². The largest absolute Gasteiger partial charge is 0.488 e. The van der Waals surface area contributed by atoms with Crippen LogP contribution < -0.4 is 15.3 Å². The van der Waals surface area contributed by atoms with Gasteiger partial charge in [-0.2, -0.15) is 5.01 Å². The number of amides is 2. The van der Waals surface area contributed by atoms with Crippen molar-refractivity contribution < 1.29 is 9.53 Å². The fourth-order valence-electron chi connectivity index (χ4n) is 2.99. The van der Waals surface area contributed by atoms with Gasteiger partial charge in [0.25, 0.3) is 0 Å². The topological polar surface area (TPSA) is 73.8 Å². The molecule has 1 N–H and O–H groups in total. The van der Waals surface area contributed by atoms with Crippen molar-refractivity contribution in [1.82, 2.24) is 25.6 Å². The molecule has 0 atom stereocenters. The average molecular weight is 354 g/mol. The van der Waals surface area contributed by atoms with Gasteiger partial charge in [0.1, 0.15) is 18.7 Å². The Morgan fingerprint density at radius 3 is 2.65 bits per heavy atom. The maximum atomic E-state index is 12.5. The predicted octanol–water partition coefficient (Wildman–Crippen LogP) is 2.38. The Morgan fingerprint density at radius 1 is 1.23 bits per heavy atom. The summed E-state index contributed by atoms with van der Waals surface area (Å²) in [5.41, 5.74) is 5.88. The molecule has 1 saturated heterocycles. The van der Waals surface area contributed by atoms with Crippen molar-refractivity contribution in [2.45, 2.75) is 32.3 Å². The third-order valence-electron chi connectivity index (χ3n) is 4.76. The summed E-state index contributed by atoms with van der Waals surface area (Å²) in [6.07, 6.45) is 3.73. The van der Waals surface area contributed by atoms with Gasteiger partial charge in [0.15, 0.2) is 5.82 Å². The number of hydrogen-bond donors (Lipinski definition) is 1. The number of rotatable bonds is 5. The van der Waals surface area contributed by atoms with Crippen LogP contribution in [0.1, 0.15) is 35.6 Å². The summed E-state index contributed by atoms with van der Waals surface area (Å²) in [5, 5.41) is 4.52. The number of anilines is 1. The molecule has 1 aliphatic carbocycles. The zero-order chi connectivity index (χ0) is 18.3. The first-order valence-electron chi connectivity index (χ1n) is 8.66. The summed E-state index contributed by atoms with van der Waals surface area (Å²) in [5.74, 6) is 1.77. The van der Waals surface area contributed by atoms with E-state index in [0.717, 1.165) is 35.4 Å². The normalized spacial score (nSPS) is 17.9. The van der Waals surface area contributed by atoms with Crippen LogP contribution in [-0.2, 0) is 6.61 Å². The molecule has 0 spiro atoms. The van der Waals surface area contributed by atoms with Crippen molar-refractivity contribution in [1.29, 1.82) is 0 Å². The second-order valence-electron chi connectivity index (χ2n) is 6.65. The summed E-state index contributed by atoms with van der Waals surface area (Å²) >= 11 is 0. The van der Waals surface area contributed by atoms with Crippen molar-refractivity contribution in [3.8, 4) is 5.75 Å². The third-order valence-corrected chi connectivity index (χ3v) is 4.76. The highest BCUT2D eigenvalue weighted by Gasteiger charge is 2.37. The van der Waals surface area contributed by atoms with Gasteiger partial charge in [-0.1, -0.05) is 18.2 Å². The fourth-order valence-corrected chi connectivity index (χ4v) is 2.99. The lowest BCUT2D eigenvalue weighted by Gasteiger charge is -2.19. The van der Waals surface area contributed by atoms with Crippen LogP contribution in [0.25, 0.3) is 0 Å². The quantitative estimate of drug-likeness (QED) is 0.889. The van der Waals surface area contributed by atoms with Crippen LogP contribution in [0.15, 0.2) is 30.6 Å². The molecule has 0 unspecified atom stereocenters. The number of aryl methyl sites for hydroxylation is 1. The zero-order valence-electron chi connectivity index (χ0n) is 15.1. The Kier molecular flexibility index (Phi) is 4.21. The second kappa shape index (κ2) is 6.54. The van der Waals surface area contributed by atoms with Gasteiger partial charge in [-0.15, -0.1) is 10.7 Å². The monoisotopic (exact) mass is 354 g/mol. The second-order valence-corrected chi connectivity index (χ2v) is 6.65. The number of aromatic nitrogens is 2. The minimum absolute atomic E-state index is 0.204. The lowest BCUT2D eigenvalue weighted by atomic mass is 10.1. The van der Waals surface area contributed by atoms with Crippen LogP contribution in [0.2, 0.25) is 0 Å². The van der Waals surface area contributed by atoms with Crippen molar-refractivity contribution in [3.05, 3.63) is 47.4 Å². The van der Waals surface area contributed by atoms with Gasteiger partial charge in [-0.05, 0) is 31.4 Å². The molecule has 2 amide bonds. The van der Waals surface area contributed by atoms with E-state index < -0.39 is 0 Å². The van der Waals surface area contributed by atoms with Crippen LogP contribution in [0.5, 0.6) is 5.75 Å². The number of ether oxygens (including phenoxy) is 1. The van der Waals surface area contributed by atoms with Crippen molar-refractivity contribution in [2.75, 3.05) is 19.1 Å². The van der Waals surface area contributed by atoms with Crippen molar-refractivity contribution in [2.24, 2.45) is 0 Å². The van der Waals surface area contributed by atoms with Crippen LogP contribution in [-0.4, -0.2) is 40.2 Å². The summed E-state index contributed by atoms with van der Waals surface area (Å²) in [7, 11) is 3.46. The van der Waals surface area contributed by atoms with E-state index in [-0.39, 0.29) is 6.03 Å². The molecule has 2 fully saturated rings. The van der Waals surface area contributed by atoms with Gasteiger partial charge in [0.2, 0.25) is 0 Å². The Bertz CT molecular complexity index is 838. The summed E-state index contributed by atoms with van der Waals surface area (Å²) in [6.45, 7) is 2.32. The molecule has 8 nitrogen and oxygen atoms in total. The smallest absolute Gasteiger partial charge is 0.357 e. The van der Waals surface area contributed by atoms with E-state index in [1.807, 2.05) is 31.2 Å².